The zero-order valence-corrected chi connectivity index (χ0v) is 14.1. The predicted octanol–water partition coefficient (Wildman–Crippen LogP) is 3.03. The molecule has 0 bridgehead atoms. The molecule has 120 valence electrons. The molecule has 1 saturated carbocycles. The molecule has 0 aromatic heterocycles. The maximum atomic E-state index is 9.69. The van der Waals surface area contributed by atoms with E-state index in [0.29, 0.717) is 0 Å². The second-order valence-corrected chi connectivity index (χ2v) is 7.22. The van der Waals surface area contributed by atoms with Gasteiger partial charge in [-0.15, -0.1) is 0 Å². The van der Waals surface area contributed by atoms with Crippen LogP contribution in [0.3, 0.4) is 0 Å². The van der Waals surface area contributed by atoms with E-state index in [0.717, 1.165) is 37.9 Å². The van der Waals surface area contributed by atoms with Crippen molar-refractivity contribution in [1.29, 1.82) is 0 Å². The summed E-state index contributed by atoms with van der Waals surface area (Å²) >= 11 is 0. The smallest absolute Gasteiger partial charge is 0.0611 e. The Labute approximate surface area is 126 Å². The van der Waals surface area contributed by atoms with Crippen molar-refractivity contribution in [1.82, 2.24) is 10.2 Å². The highest BCUT2D eigenvalue weighted by Crippen LogP contribution is 2.25. The van der Waals surface area contributed by atoms with Gasteiger partial charge in [0.2, 0.25) is 0 Å². The highest BCUT2D eigenvalue weighted by Gasteiger charge is 2.27. The van der Waals surface area contributed by atoms with Crippen LogP contribution in [-0.2, 0) is 0 Å². The van der Waals surface area contributed by atoms with Crippen LogP contribution in [0.2, 0.25) is 0 Å². The Kier molecular flexibility index (Phi) is 8.08. The molecular weight excluding hydrogens is 248 g/mol. The summed E-state index contributed by atoms with van der Waals surface area (Å²) in [5.74, 6) is 0.722. The summed E-state index contributed by atoms with van der Waals surface area (Å²) in [6.07, 6.45) is 7.67. The number of nitrogens with one attached hydrogen (secondary N) is 1. The molecule has 20 heavy (non-hydrogen) atoms. The van der Waals surface area contributed by atoms with Crippen LogP contribution >= 0.6 is 0 Å². The highest BCUT2D eigenvalue weighted by atomic mass is 16.3. The molecule has 2 N–H and O–H groups in total. The third kappa shape index (κ3) is 6.11. The van der Waals surface area contributed by atoms with Crippen LogP contribution in [0, 0.1) is 5.92 Å². The summed E-state index contributed by atoms with van der Waals surface area (Å²) < 4.78 is 0. The van der Waals surface area contributed by atoms with Crippen molar-refractivity contribution in [3.05, 3.63) is 0 Å². The average Bonchev–Trinajstić information content (AvgIpc) is 2.95. The lowest BCUT2D eigenvalue weighted by Crippen LogP contribution is -2.49. The molecule has 1 rings (SSSR count). The number of aliphatic hydroxyl groups is 1. The summed E-state index contributed by atoms with van der Waals surface area (Å²) in [4.78, 5) is 2.68. The zero-order valence-electron chi connectivity index (χ0n) is 14.1. The first-order valence-corrected chi connectivity index (χ1v) is 8.60. The van der Waals surface area contributed by atoms with E-state index >= 15 is 0 Å². The standard InChI is InChI=1S/C17H36N2O/c1-5-11-18-17(4,14-20)10-12-19(13-15(2)3)16-8-6-7-9-16/h15-16,18,20H,5-14H2,1-4H3. The van der Waals surface area contributed by atoms with E-state index in [9.17, 15) is 5.11 Å². The van der Waals surface area contributed by atoms with Crippen molar-refractivity contribution in [2.45, 2.75) is 77.8 Å². The van der Waals surface area contributed by atoms with Crippen LogP contribution in [0.15, 0.2) is 0 Å². The van der Waals surface area contributed by atoms with Gasteiger partial charge in [0, 0.05) is 24.7 Å². The molecule has 0 aromatic rings. The largest absolute Gasteiger partial charge is 0.394 e. The minimum Gasteiger partial charge on any atom is -0.394 e. The van der Waals surface area contributed by atoms with Gasteiger partial charge in [-0.1, -0.05) is 33.6 Å². The first-order chi connectivity index (χ1) is 9.50. The molecule has 3 nitrogen and oxygen atoms in total. The molecule has 1 atom stereocenters. The van der Waals surface area contributed by atoms with Gasteiger partial charge in [0.15, 0.2) is 0 Å². The van der Waals surface area contributed by atoms with Crippen molar-refractivity contribution in [2.75, 3.05) is 26.2 Å². The fourth-order valence-corrected chi connectivity index (χ4v) is 3.20. The van der Waals surface area contributed by atoms with E-state index < -0.39 is 0 Å². The Morgan fingerprint density at radius 1 is 1.30 bits per heavy atom. The van der Waals surface area contributed by atoms with Gasteiger partial charge in [-0.25, -0.2) is 0 Å². The molecule has 0 amide bonds. The van der Waals surface area contributed by atoms with E-state index in [2.05, 4.69) is 37.9 Å². The molecular formula is C17H36N2O. The molecule has 1 fully saturated rings. The van der Waals surface area contributed by atoms with E-state index in [1.54, 1.807) is 0 Å². The quantitative estimate of drug-likeness (QED) is 0.647. The number of nitrogens with zero attached hydrogens (tertiary/aromatic N) is 1. The molecule has 1 aliphatic rings. The van der Waals surface area contributed by atoms with E-state index in [1.165, 1.54) is 32.2 Å². The Morgan fingerprint density at radius 2 is 1.95 bits per heavy atom. The van der Waals surface area contributed by atoms with Crippen molar-refractivity contribution in [2.24, 2.45) is 5.92 Å². The Balaban J connectivity index is 2.50. The normalized spacial score (nSPS) is 19.9. The Bertz CT molecular complexity index is 251. The number of hydrogen-bond acceptors (Lipinski definition) is 3. The van der Waals surface area contributed by atoms with Crippen molar-refractivity contribution >= 4 is 0 Å². The predicted molar refractivity (Wildman–Crippen MR) is 87.1 cm³/mol. The first-order valence-electron chi connectivity index (χ1n) is 8.60. The van der Waals surface area contributed by atoms with Crippen LogP contribution in [0.5, 0.6) is 0 Å². The van der Waals surface area contributed by atoms with Gasteiger partial charge in [-0.2, -0.15) is 0 Å². The minimum atomic E-state index is -0.121. The lowest BCUT2D eigenvalue weighted by atomic mass is 9.97. The summed E-state index contributed by atoms with van der Waals surface area (Å²) in [7, 11) is 0. The number of aliphatic hydroxyl groups excluding tert-OH is 1. The lowest BCUT2D eigenvalue weighted by Gasteiger charge is -2.35. The molecule has 0 heterocycles. The van der Waals surface area contributed by atoms with Gasteiger partial charge in [-0.3, -0.25) is 0 Å². The summed E-state index contributed by atoms with van der Waals surface area (Å²) in [6.45, 7) is 12.5. The summed E-state index contributed by atoms with van der Waals surface area (Å²) in [6, 6.07) is 0.784. The molecule has 0 aliphatic heterocycles. The van der Waals surface area contributed by atoms with E-state index in [1.807, 2.05) is 0 Å². The average molecular weight is 284 g/mol. The second-order valence-electron chi connectivity index (χ2n) is 7.22. The Hall–Kier alpha value is -0.120. The molecule has 3 heteroatoms. The first kappa shape index (κ1) is 17.9. The van der Waals surface area contributed by atoms with Gasteiger partial charge in [0.05, 0.1) is 6.61 Å². The molecule has 0 spiro atoms. The maximum Gasteiger partial charge on any atom is 0.0611 e. The summed E-state index contributed by atoms with van der Waals surface area (Å²) in [5.41, 5.74) is -0.121. The SMILES string of the molecule is CCCNC(C)(CO)CCN(CC(C)C)C1CCCC1. The van der Waals surface area contributed by atoms with Gasteiger partial charge in [0.25, 0.3) is 0 Å². The number of rotatable bonds is 10. The highest BCUT2D eigenvalue weighted by molar-refractivity contribution is 4.86. The fraction of sp³-hybridized carbons (Fsp3) is 1.00. The van der Waals surface area contributed by atoms with Crippen molar-refractivity contribution in [3.8, 4) is 0 Å². The molecule has 0 saturated heterocycles. The monoisotopic (exact) mass is 284 g/mol. The van der Waals surface area contributed by atoms with Crippen LogP contribution in [0.25, 0.3) is 0 Å². The van der Waals surface area contributed by atoms with E-state index in [-0.39, 0.29) is 12.1 Å². The zero-order chi connectivity index (χ0) is 15.0. The molecule has 1 aliphatic carbocycles. The topological polar surface area (TPSA) is 35.5 Å². The number of hydrogen-bond donors (Lipinski definition) is 2. The molecule has 0 radical (unpaired) electrons. The van der Waals surface area contributed by atoms with Crippen LogP contribution in [0.1, 0.15) is 66.2 Å². The third-order valence-electron chi connectivity index (χ3n) is 4.54. The molecule has 1 unspecified atom stereocenters. The van der Waals surface area contributed by atoms with Crippen molar-refractivity contribution < 1.29 is 5.11 Å². The second kappa shape index (κ2) is 9.01. The fourth-order valence-electron chi connectivity index (χ4n) is 3.20. The maximum absolute atomic E-state index is 9.69. The third-order valence-corrected chi connectivity index (χ3v) is 4.54. The van der Waals surface area contributed by atoms with Crippen LogP contribution in [0.4, 0.5) is 0 Å². The van der Waals surface area contributed by atoms with Gasteiger partial charge >= 0.3 is 0 Å². The van der Waals surface area contributed by atoms with Crippen molar-refractivity contribution in [3.63, 3.8) is 0 Å². The van der Waals surface area contributed by atoms with E-state index in [4.69, 9.17) is 0 Å². The van der Waals surface area contributed by atoms with Gasteiger partial charge in [0.1, 0.15) is 0 Å². The van der Waals surface area contributed by atoms with Gasteiger partial charge < -0.3 is 15.3 Å². The van der Waals surface area contributed by atoms with Gasteiger partial charge in [-0.05, 0) is 45.1 Å². The Morgan fingerprint density at radius 3 is 2.45 bits per heavy atom. The van der Waals surface area contributed by atoms with Crippen LogP contribution in [-0.4, -0.2) is 47.8 Å². The minimum absolute atomic E-state index is 0.121. The molecule has 0 aromatic carbocycles. The summed E-state index contributed by atoms with van der Waals surface area (Å²) in [5, 5.41) is 13.2. The lowest BCUT2D eigenvalue weighted by molar-refractivity contribution is 0.121. The van der Waals surface area contributed by atoms with Crippen LogP contribution < -0.4 is 5.32 Å².